The van der Waals surface area contributed by atoms with Gasteiger partial charge in [-0.2, -0.15) is 0 Å². The number of para-hydroxylation sites is 2. The second-order valence-corrected chi connectivity index (χ2v) is 5.78. The van der Waals surface area contributed by atoms with Crippen LogP contribution in [0.5, 0.6) is 0 Å². The molecule has 2 aromatic heterocycles. The number of nitrogens with one attached hydrogen (secondary N) is 1. The maximum Gasteiger partial charge on any atom is 0.218 e. The minimum Gasteiger partial charge on any atom is -0.308 e. The van der Waals surface area contributed by atoms with Crippen molar-refractivity contribution in [3.05, 3.63) is 35.6 Å². The highest BCUT2D eigenvalue weighted by atomic mass is 32.1. The Balaban J connectivity index is 1.64. The number of imidazole rings is 1. The predicted molar refractivity (Wildman–Crippen MR) is 74.4 cm³/mol. The van der Waals surface area contributed by atoms with Gasteiger partial charge >= 0.3 is 0 Å². The zero-order chi connectivity index (χ0) is 12.7. The van der Waals surface area contributed by atoms with Crippen LogP contribution in [0.25, 0.3) is 16.2 Å². The van der Waals surface area contributed by atoms with Crippen molar-refractivity contribution in [2.24, 2.45) is 0 Å². The highest BCUT2D eigenvalue weighted by Gasteiger charge is 2.20. The molecule has 0 radical (unpaired) electrons. The average molecular weight is 271 g/mol. The van der Waals surface area contributed by atoms with Crippen LogP contribution in [-0.4, -0.2) is 25.8 Å². The third-order valence-electron chi connectivity index (χ3n) is 3.24. The molecule has 5 nitrogen and oxygen atoms in total. The van der Waals surface area contributed by atoms with E-state index < -0.39 is 0 Å². The van der Waals surface area contributed by atoms with Gasteiger partial charge in [-0.05, 0) is 25.0 Å². The Bertz CT molecular complexity index is 712. The van der Waals surface area contributed by atoms with Crippen LogP contribution < -0.4 is 5.32 Å². The summed E-state index contributed by atoms with van der Waals surface area (Å²) in [6.45, 7) is 0.814. The molecule has 19 heavy (non-hydrogen) atoms. The van der Waals surface area contributed by atoms with Crippen molar-refractivity contribution in [3.8, 4) is 5.13 Å². The maximum absolute atomic E-state index is 4.37. The third kappa shape index (κ3) is 2.13. The lowest BCUT2D eigenvalue weighted by molar-refractivity contribution is 0.678. The number of hydrogen-bond donors (Lipinski definition) is 1. The lowest BCUT2D eigenvalue weighted by atomic mass is 10.3. The van der Waals surface area contributed by atoms with E-state index in [1.807, 2.05) is 35.2 Å². The molecule has 1 N–H and O–H groups in total. The molecule has 4 rings (SSSR count). The molecule has 96 valence electrons. The number of rotatable bonds is 4. The van der Waals surface area contributed by atoms with Crippen molar-refractivity contribution in [2.75, 3.05) is 0 Å². The standard InChI is InChI=1S/C13H13N5S/c1-2-4-11-10(3-1)15-8-18(11)13-17-16-12(19-13)7-14-9-5-6-9/h1-4,8-9,14H,5-7H2. The second kappa shape index (κ2) is 4.40. The third-order valence-corrected chi connectivity index (χ3v) is 4.16. The van der Waals surface area contributed by atoms with Crippen molar-refractivity contribution < 1.29 is 0 Å². The molecule has 0 bridgehead atoms. The summed E-state index contributed by atoms with van der Waals surface area (Å²) in [6, 6.07) is 8.75. The number of aromatic nitrogens is 4. The van der Waals surface area contributed by atoms with Gasteiger partial charge in [0.05, 0.1) is 17.6 Å². The molecular formula is C13H13N5S. The lowest BCUT2D eigenvalue weighted by Crippen LogP contribution is -2.14. The Kier molecular flexibility index (Phi) is 2.56. The van der Waals surface area contributed by atoms with Crippen molar-refractivity contribution in [1.82, 2.24) is 25.1 Å². The maximum atomic E-state index is 4.37. The van der Waals surface area contributed by atoms with Gasteiger partial charge in [0.1, 0.15) is 11.3 Å². The van der Waals surface area contributed by atoms with E-state index in [0.717, 1.165) is 27.7 Å². The molecule has 0 amide bonds. The zero-order valence-corrected chi connectivity index (χ0v) is 11.1. The molecule has 2 heterocycles. The molecule has 0 aliphatic heterocycles. The fourth-order valence-electron chi connectivity index (χ4n) is 2.04. The Labute approximate surface area is 114 Å². The Morgan fingerprint density at radius 1 is 1.26 bits per heavy atom. The van der Waals surface area contributed by atoms with Crippen LogP contribution in [0.1, 0.15) is 17.8 Å². The van der Waals surface area contributed by atoms with E-state index >= 15 is 0 Å². The van der Waals surface area contributed by atoms with E-state index in [4.69, 9.17) is 0 Å². The van der Waals surface area contributed by atoms with Gasteiger partial charge in [-0.1, -0.05) is 23.5 Å². The molecule has 6 heteroatoms. The fraction of sp³-hybridized carbons (Fsp3) is 0.308. The summed E-state index contributed by atoms with van der Waals surface area (Å²) >= 11 is 1.61. The molecule has 0 unspecified atom stereocenters. The number of benzene rings is 1. The molecule has 1 saturated carbocycles. The highest BCUT2D eigenvalue weighted by Crippen LogP contribution is 2.22. The summed E-state index contributed by atoms with van der Waals surface area (Å²) in [4.78, 5) is 4.37. The molecule has 0 atom stereocenters. The quantitative estimate of drug-likeness (QED) is 0.790. The number of fused-ring (bicyclic) bond motifs is 1. The fourth-order valence-corrected chi connectivity index (χ4v) is 2.82. The monoisotopic (exact) mass is 271 g/mol. The van der Waals surface area contributed by atoms with Gasteiger partial charge in [0.15, 0.2) is 0 Å². The van der Waals surface area contributed by atoms with Gasteiger partial charge in [0, 0.05) is 6.04 Å². The van der Waals surface area contributed by atoms with Crippen LogP contribution >= 0.6 is 11.3 Å². The zero-order valence-electron chi connectivity index (χ0n) is 10.3. The average Bonchev–Trinajstić information content (AvgIpc) is 3.00. The predicted octanol–water partition coefficient (Wildman–Crippen LogP) is 2.13. The summed E-state index contributed by atoms with van der Waals surface area (Å²) in [5.41, 5.74) is 2.05. The van der Waals surface area contributed by atoms with Gasteiger partial charge in [-0.15, -0.1) is 10.2 Å². The molecule has 1 fully saturated rings. The summed E-state index contributed by atoms with van der Waals surface area (Å²) in [6.07, 6.45) is 4.39. The second-order valence-electron chi connectivity index (χ2n) is 4.74. The van der Waals surface area contributed by atoms with Crippen LogP contribution in [0.3, 0.4) is 0 Å². The van der Waals surface area contributed by atoms with Crippen LogP contribution in [0.4, 0.5) is 0 Å². The van der Waals surface area contributed by atoms with E-state index in [1.54, 1.807) is 11.3 Å². The van der Waals surface area contributed by atoms with E-state index in [1.165, 1.54) is 12.8 Å². The van der Waals surface area contributed by atoms with Gasteiger partial charge in [0.25, 0.3) is 0 Å². The first kappa shape index (κ1) is 11.1. The Morgan fingerprint density at radius 2 is 2.16 bits per heavy atom. The Hall–Kier alpha value is -1.79. The summed E-state index contributed by atoms with van der Waals surface area (Å²) in [5.74, 6) is 0. The van der Waals surface area contributed by atoms with Gasteiger partial charge < -0.3 is 5.32 Å². The van der Waals surface area contributed by atoms with E-state index in [0.29, 0.717) is 6.04 Å². The van der Waals surface area contributed by atoms with Crippen LogP contribution in [0.2, 0.25) is 0 Å². The van der Waals surface area contributed by atoms with Crippen LogP contribution in [0.15, 0.2) is 30.6 Å². The molecular weight excluding hydrogens is 258 g/mol. The van der Waals surface area contributed by atoms with Crippen molar-refractivity contribution in [1.29, 1.82) is 0 Å². The SMILES string of the molecule is c1ccc2c(c1)ncn2-c1nnc(CNC2CC2)s1. The van der Waals surface area contributed by atoms with Gasteiger partial charge in [0.2, 0.25) is 5.13 Å². The van der Waals surface area contributed by atoms with Crippen molar-refractivity contribution in [3.63, 3.8) is 0 Å². The van der Waals surface area contributed by atoms with Gasteiger partial charge in [-0.3, -0.25) is 4.57 Å². The van der Waals surface area contributed by atoms with Crippen LogP contribution in [-0.2, 0) is 6.54 Å². The minimum absolute atomic E-state index is 0.696. The number of hydrogen-bond acceptors (Lipinski definition) is 5. The minimum atomic E-state index is 0.696. The molecule has 1 aromatic carbocycles. The molecule has 3 aromatic rings. The molecule has 0 spiro atoms. The van der Waals surface area contributed by atoms with E-state index in [2.05, 4.69) is 20.5 Å². The smallest absolute Gasteiger partial charge is 0.218 e. The van der Waals surface area contributed by atoms with Crippen molar-refractivity contribution >= 4 is 22.4 Å². The van der Waals surface area contributed by atoms with Crippen molar-refractivity contribution in [2.45, 2.75) is 25.4 Å². The topological polar surface area (TPSA) is 55.6 Å². The first-order chi connectivity index (χ1) is 9.40. The highest BCUT2D eigenvalue weighted by molar-refractivity contribution is 7.13. The van der Waals surface area contributed by atoms with E-state index in [-0.39, 0.29) is 0 Å². The molecule has 0 saturated heterocycles. The molecule has 1 aliphatic carbocycles. The summed E-state index contributed by atoms with van der Waals surface area (Å²) < 4.78 is 1.99. The summed E-state index contributed by atoms with van der Waals surface area (Å²) in [5, 5.41) is 13.9. The van der Waals surface area contributed by atoms with E-state index in [9.17, 15) is 0 Å². The van der Waals surface area contributed by atoms with Gasteiger partial charge in [-0.25, -0.2) is 4.98 Å². The number of nitrogens with zero attached hydrogens (tertiary/aromatic N) is 4. The first-order valence-corrected chi connectivity index (χ1v) is 7.20. The molecule has 1 aliphatic rings. The van der Waals surface area contributed by atoms with Crippen LogP contribution in [0, 0.1) is 0 Å². The first-order valence-electron chi connectivity index (χ1n) is 6.38. The largest absolute Gasteiger partial charge is 0.308 e. The summed E-state index contributed by atoms with van der Waals surface area (Å²) in [7, 11) is 0. The normalized spacial score (nSPS) is 15.2. The Morgan fingerprint density at radius 3 is 3.05 bits per heavy atom. The lowest BCUT2D eigenvalue weighted by Gasteiger charge is -1.97.